The van der Waals surface area contributed by atoms with Crippen LogP contribution in [0.25, 0.3) is 21.9 Å². The lowest BCUT2D eigenvalue weighted by molar-refractivity contribution is -0.132. The molecule has 1 saturated heterocycles. The summed E-state index contributed by atoms with van der Waals surface area (Å²) in [7, 11) is 0. The van der Waals surface area contributed by atoms with E-state index >= 15 is 0 Å². The largest absolute Gasteiger partial charge is 0.343 e. The van der Waals surface area contributed by atoms with Crippen molar-refractivity contribution in [3.05, 3.63) is 71.0 Å². The zero-order valence-corrected chi connectivity index (χ0v) is 18.3. The fourth-order valence-electron chi connectivity index (χ4n) is 4.69. The van der Waals surface area contributed by atoms with Gasteiger partial charge in [0.1, 0.15) is 5.82 Å². The summed E-state index contributed by atoms with van der Waals surface area (Å²) in [5.74, 6) is 1.68. The van der Waals surface area contributed by atoms with Crippen LogP contribution >= 0.6 is 0 Å². The Labute approximate surface area is 186 Å². The van der Waals surface area contributed by atoms with Crippen molar-refractivity contribution in [2.75, 3.05) is 13.1 Å². The van der Waals surface area contributed by atoms with Crippen LogP contribution in [0.15, 0.2) is 59.7 Å². The molecule has 1 aliphatic heterocycles. The number of hydrogen-bond donors (Lipinski definition) is 0. The molecule has 0 atom stereocenters. The SMILES string of the molecule is Cc1nc2ccccc2n1CC1CCN(C(=O)CCn2cnc3ccccc3c2=O)CC1. The van der Waals surface area contributed by atoms with Crippen LogP contribution in [0, 0.1) is 12.8 Å². The molecule has 0 unspecified atom stereocenters. The molecule has 0 bridgehead atoms. The number of benzene rings is 2. The van der Waals surface area contributed by atoms with Crippen molar-refractivity contribution in [3.8, 4) is 0 Å². The van der Waals surface area contributed by atoms with Crippen LogP contribution < -0.4 is 5.56 Å². The molecule has 0 N–H and O–H groups in total. The summed E-state index contributed by atoms with van der Waals surface area (Å²) in [6.07, 6.45) is 3.82. The molecule has 32 heavy (non-hydrogen) atoms. The minimum Gasteiger partial charge on any atom is -0.343 e. The molecule has 7 heteroatoms. The van der Waals surface area contributed by atoms with Gasteiger partial charge in [-0.15, -0.1) is 0 Å². The number of fused-ring (bicyclic) bond motifs is 2. The number of carbonyl (C=O) groups excluding carboxylic acids is 1. The van der Waals surface area contributed by atoms with Gasteiger partial charge in [-0.25, -0.2) is 9.97 Å². The van der Waals surface area contributed by atoms with E-state index < -0.39 is 0 Å². The second-order valence-electron chi connectivity index (χ2n) is 8.59. The number of piperidine rings is 1. The number of aryl methyl sites for hydroxylation is 2. The van der Waals surface area contributed by atoms with Crippen LogP contribution in [0.3, 0.4) is 0 Å². The zero-order valence-electron chi connectivity index (χ0n) is 18.3. The van der Waals surface area contributed by atoms with Gasteiger partial charge in [0.2, 0.25) is 5.91 Å². The molecule has 4 aromatic rings. The lowest BCUT2D eigenvalue weighted by atomic mass is 9.96. The number of imidazole rings is 1. The standard InChI is InChI=1S/C25H27N5O2/c1-18-27-22-8-4-5-9-23(22)30(18)16-19-10-13-28(14-11-19)24(31)12-15-29-17-26-21-7-3-2-6-20(21)25(29)32/h2-9,17,19H,10-16H2,1H3. The summed E-state index contributed by atoms with van der Waals surface area (Å²) in [5.41, 5.74) is 2.81. The first-order chi connectivity index (χ1) is 15.6. The fourth-order valence-corrected chi connectivity index (χ4v) is 4.69. The normalized spacial score (nSPS) is 15.0. The number of para-hydroxylation sites is 3. The van der Waals surface area contributed by atoms with Crippen molar-refractivity contribution < 1.29 is 4.79 Å². The first-order valence-corrected chi connectivity index (χ1v) is 11.2. The highest BCUT2D eigenvalue weighted by molar-refractivity contribution is 5.78. The second kappa shape index (κ2) is 8.57. The Morgan fingerprint density at radius 1 is 1.03 bits per heavy atom. The number of nitrogens with zero attached hydrogens (tertiary/aromatic N) is 5. The summed E-state index contributed by atoms with van der Waals surface area (Å²) in [5, 5.41) is 0.589. The van der Waals surface area contributed by atoms with Gasteiger partial charge in [0.25, 0.3) is 5.56 Å². The van der Waals surface area contributed by atoms with Crippen LogP contribution in [0.2, 0.25) is 0 Å². The van der Waals surface area contributed by atoms with E-state index in [4.69, 9.17) is 0 Å². The van der Waals surface area contributed by atoms with Gasteiger partial charge >= 0.3 is 0 Å². The maximum absolute atomic E-state index is 12.8. The second-order valence-corrected chi connectivity index (χ2v) is 8.59. The number of carbonyl (C=O) groups is 1. The third-order valence-electron chi connectivity index (χ3n) is 6.55. The number of rotatable bonds is 5. The van der Waals surface area contributed by atoms with E-state index in [1.54, 1.807) is 17.0 Å². The smallest absolute Gasteiger partial charge is 0.261 e. The molecule has 3 heterocycles. The van der Waals surface area contributed by atoms with Gasteiger partial charge in [-0.3, -0.25) is 14.2 Å². The fraction of sp³-hybridized carbons (Fsp3) is 0.360. The van der Waals surface area contributed by atoms with Crippen LogP contribution in [0.4, 0.5) is 0 Å². The van der Waals surface area contributed by atoms with Crippen LogP contribution in [0.1, 0.15) is 25.1 Å². The Morgan fingerprint density at radius 2 is 1.75 bits per heavy atom. The molecule has 1 amide bonds. The van der Waals surface area contributed by atoms with E-state index in [2.05, 4.69) is 39.7 Å². The first-order valence-electron chi connectivity index (χ1n) is 11.2. The third kappa shape index (κ3) is 3.90. The summed E-state index contributed by atoms with van der Waals surface area (Å²) >= 11 is 0. The predicted octanol–water partition coefficient (Wildman–Crippen LogP) is 3.38. The van der Waals surface area contributed by atoms with E-state index in [0.717, 1.165) is 43.8 Å². The maximum Gasteiger partial charge on any atom is 0.261 e. The Morgan fingerprint density at radius 3 is 2.56 bits per heavy atom. The quantitative estimate of drug-likeness (QED) is 0.488. The molecule has 0 radical (unpaired) electrons. The van der Waals surface area contributed by atoms with Gasteiger partial charge in [0.15, 0.2) is 0 Å². The van der Waals surface area contributed by atoms with Crippen molar-refractivity contribution in [3.63, 3.8) is 0 Å². The summed E-state index contributed by atoms with van der Waals surface area (Å²) in [6, 6.07) is 15.5. The predicted molar refractivity (Wildman–Crippen MR) is 124 cm³/mol. The number of amides is 1. The Bertz CT molecular complexity index is 1330. The Kier molecular flexibility index (Phi) is 5.47. The number of aromatic nitrogens is 4. The van der Waals surface area contributed by atoms with Crippen LogP contribution in [0.5, 0.6) is 0 Å². The summed E-state index contributed by atoms with van der Waals surface area (Å²) in [6.45, 7) is 4.88. The monoisotopic (exact) mass is 429 g/mol. The van der Waals surface area contributed by atoms with Gasteiger partial charge in [-0.1, -0.05) is 24.3 Å². The van der Waals surface area contributed by atoms with E-state index in [9.17, 15) is 9.59 Å². The zero-order chi connectivity index (χ0) is 22.1. The highest BCUT2D eigenvalue weighted by atomic mass is 16.2. The molecule has 2 aromatic carbocycles. The highest BCUT2D eigenvalue weighted by Gasteiger charge is 2.24. The number of hydrogen-bond acceptors (Lipinski definition) is 4. The molecule has 7 nitrogen and oxygen atoms in total. The minimum absolute atomic E-state index is 0.0926. The van der Waals surface area contributed by atoms with Gasteiger partial charge in [0.05, 0.1) is 28.3 Å². The van der Waals surface area contributed by atoms with Gasteiger partial charge in [0, 0.05) is 32.6 Å². The molecule has 0 spiro atoms. The maximum atomic E-state index is 12.8. The first kappa shape index (κ1) is 20.4. The molecule has 1 fully saturated rings. The van der Waals surface area contributed by atoms with Crippen molar-refractivity contribution in [1.82, 2.24) is 24.0 Å². The lowest BCUT2D eigenvalue weighted by Gasteiger charge is -2.32. The van der Waals surface area contributed by atoms with Gasteiger partial charge in [-0.05, 0) is 49.9 Å². The summed E-state index contributed by atoms with van der Waals surface area (Å²) in [4.78, 5) is 36.3. The van der Waals surface area contributed by atoms with Crippen LogP contribution in [-0.4, -0.2) is 43.0 Å². The topological polar surface area (TPSA) is 73.0 Å². The molecule has 5 rings (SSSR count). The molecule has 0 aliphatic carbocycles. The van der Waals surface area contributed by atoms with Crippen molar-refractivity contribution in [2.45, 2.75) is 39.3 Å². The average Bonchev–Trinajstić information content (AvgIpc) is 3.14. The van der Waals surface area contributed by atoms with E-state index in [1.807, 2.05) is 29.2 Å². The van der Waals surface area contributed by atoms with Crippen molar-refractivity contribution in [1.29, 1.82) is 0 Å². The van der Waals surface area contributed by atoms with E-state index in [0.29, 0.717) is 29.8 Å². The van der Waals surface area contributed by atoms with Crippen LogP contribution in [-0.2, 0) is 17.9 Å². The third-order valence-corrected chi connectivity index (χ3v) is 6.55. The Balaban J connectivity index is 1.18. The number of likely N-dealkylation sites (tertiary alicyclic amines) is 1. The average molecular weight is 430 g/mol. The molecule has 0 saturated carbocycles. The molecular weight excluding hydrogens is 402 g/mol. The van der Waals surface area contributed by atoms with E-state index in [-0.39, 0.29) is 11.5 Å². The molecule has 1 aliphatic rings. The molecule has 2 aromatic heterocycles. The minimum atomic E-state index is -0.0926. The lowest BCUT2D eigenvalue weighted by Crippen LogP contribution is -2.40. The van der Waals surface area contributed by atoms with E-state index in [1.165, 1.54) is 5.52 Å². The highest BCUT2D eigenvalue weighted by Crippen LogP contribution is 2.23. The van der Waals surface area contributed by atoms with Crippen molar-refractivity contribution in [2.24, 2.45) is 5.92 Å². The Hall–Kier alpha value is -3.48. The summed E-state index contributed by atoms with van der Waals surface area (Å²) < 4.78 is 3.84. The molecule has 164 valence electrons. The van der Waals surface area contributed by atoms with Gasteiger partial charge in [-0.2, -0.15) is 0 Å². The molecular formula is C25H27N5O2. The van der Waals surface area contributed by atoms with Gasteiger partial charge < -0.3 is 9.47 Å². The van der Waals surface area contributed by atoms with Crippen molar-refractivity contribution >= 4 is 27.8 Å².